The molecule has 0 amide bonds. The number of carbonyl (C=O) groups is 1. The molecule has 0 saturated carbocycles. The minimum atomic E-state index is -0.685. The lowest BCUT2D eigenvalue weighted by atomic mass is 9.88. The fourth-order valence-corrected chi connectivity index (χ4v) is 5.68. The second-order valence-corrected chi connectivity index (χ2v) is 12.8. The van der Waals surface area contributed by atoms with Gasteiger partial charge in [0.1, 0.15) is 5.75 Å². The molecule has 0 aliphatic carbocycles. The molecule has 1 unspecified atom stereocenters. The third-order valence-corrected chi connectivity index (χ3v) is 7.82. The number of aliphatic carboxylic acids is 1. The standard InChI is InChI=1S/C35H62O3/c1-6-7-8-9-10-11-12-13-14-15-16-17-18-19-20-21-22-31(35(37)38)25-30-26-32(23-28(2)3)34(36)33(27-30)24-29(4)5/h26-29,31,36H,6-25H2,1-5H3,(H,37,38). The van der Waals surface area contributed by atoms with E-state index >= 15 is 0 Å². The van der Waals surface area contributed by atoms with Gasteiger partial charge in [-0.25, -0.2) is 0 Å². The lowest BCUT2D eigenvalue weighted by molar-refractivity contribution is -0.142. The molecule has 1 aromatic rings. The van der Waals surface area contributed by atoms with Crippen LogP contribution < -0.4 is 0 Å². The number of phenols is 1. The molecule has 1 atom stereocenters. The van der Waals surface area contributed by atoms with Gasteiger partial charge in [-0.3, -0.25) is 4.79 Å². The van der Waals surface area contributed by atoms with Crippen LogP contribution in [-0.2, 0) is 24.1 Å². The van der Waals surface area contributed by atoms with Crippen LogP contribution in [0.15, 0.2) is 12.1 Å². The molecule has 1 aromatic carbocycles. The van der Waals surface area contributed by atoms with Crippen LogP contribution in [0.25, 0.3) is 0 Å². The monoisotopic (exact) mass is 530 g/mol. The first-order valence-electron chi connectivity index (χ1n) is 16.3. The Hall–Kier alpha value is -1.51. The smallest absolute Gasteiger partial charge is 0.306 e. The molecule has 1 rings (SSSR count). The van der Waals surface area contributed by atoms with Gasteiger partial charge in [0.25, 0.3) is 0 Å². The van der Waals surface area contributed by atoms with E-state index in [2.05, 4.69) is 46.8 Å². The maximum Gasteiger partial charge on any atom is 0.306 e. The molecule has 0 bridgehead atoms. The van der Waals surface area contributed by atoms with Crippen LogP contribution in [0.5, 0.6) is 5.75 Å². The van der Waals surface area contributed by atoms with Gasteiger partial charge in [0.05, 0.1) is 5.92 Å². The summed E-state index contributed by atoms with van der Waals surface area (Å²) in [6.45, 7) is 10.9. The Morgan fingerprint density at radius 3 is 1.34 bits per heavy atom. The molecule has 0 spiro atoms. The number of carboxylic acids is 1. The van der Waals surface area contributed by atoms with Gasteiger partial charge in [0.15, 0.2) is 0 Å². The normalized spacial score (nSPS) is 12.5. The lowest BCUT2D eigenvalue weighted by Crippen LogP contribution is -2.17. The summed E-state index contributed by atoms with van der Waals surface area (Å²) in [6.07, 6.45) is 24.3. The number of carboxylic acid groups (broad SMARTS) is 1. The molecule has 0 heterocycles. The average Bonchev–Trinajstić information content (AvgIpc) is 2.85. The molecule has 0 saturated heterocycles. The van der Waals surface area contributed by atoms with Crippen LogP contribution in [0.3, 0.4) is 0 Å². The fraction of sp³-hybridized carbons (Fsp3) is 0.800. The highest BCUT2D eigenvalue weighted by Crippen LogP contribution is 2.31. The fourth-order valence-electron chi connectivity index (χ4n) is 5.68. The summed E-state index contributed by atoms with van der Waals surface area (Å²) in [5, 5.41) is 20.7. The van der Waals surface area contributed by atoms with E-state index in [4.69, 9.17) is 0 Å². The van der Waals surface area contributed by atoms with E-state index in [1.165, 1.54) is 89.9 Å². The molecule has 0 aromatic heterocycles. The summed E-state index contributed by atoms with van der Waals surface area (Å²) in [5.41, 5.74) is 3.01. The molecule has 0 aliphatic rings. The summed E-state index contributed by atoms with van der Waals surface area (Å²) >= 11 is 0. The first-order chi connectivity index (χ1) is 18.2. The third kappa shape index (κ3) is 16.5. The SMILES string of the molecule is CCCCCCCCCCCCCCCCCCC(Cc1cc(CC(C)C)c(O)c(CC(C)C)c1)C(=O)O. The number of hydrogen-bond acceptors (Lipinski definition) is 2. The zero-order chi connectivity index (χ0) is 28.2. The van der Waals surface area contributed by atoms with Crippen LogP contribution in [0.1, 0.15) is 160 Å². The summed E-state index contributed by atoms with van der Waals surface area (Å²) in [7, 11) is 0. The number of phenolic OH excluding ortho intramolecular Hbond substituents is 1. The molecule has 3 heteroatoms. The predicted molar refractivity (Wildman–Crippen MR) is 164 cm³/mol. The van der Waals surface area contributed by atoms with E-state index < -0.39 is 5.97 Å². The minimum absolute atomic E-state index is 0.343. The van der Waals surface area contributed by atoms with Crippen molar-refractivity contribution in [2.75, 3.05) is 0 Å². The highest BCUT2D eigenvalue weighted by atomic mass is 16.4. The van der Waals surface area contributed by atoms with Gasteiger partial charge in [-0.2, -0.15) is 0 Å². The van der Waals surface area contributed by atoms with E-state index in [9.17, 15) is 15.0 Å². The number of aromatic hydroxyl groups is 1. The summed E-state index contributed by atoms with van der Waals surface area (Å²) < 4.78 is 0. The van der Waals surface area contributed by atoms with Gasteiger partial charge in [0, 0.05) is 0 Å². The molecular formula is C35H62O3. The zero-order valence-corrected chi connectivity index (χ0v) is 25.8. The Bertz CT molecular complexity index is 706. The van der Waals surface area contributed by atoms with Gasteiger partial charge in [-0.15, -0.1) is 0 Å². The Kier molecular flexibility index (Phi) is 19.4. The van der Waals surface area contributed by atoms with E-state index in [-0.39, 0.29) is 5.92 Å². The molecule has 2 N–H and O–H groups in total. The van der Waals surface area contributed by atoms with Crippen molar-refractivity contribution in [1.29, 1.82) is 0 Å². The van der Waals surface area contributed by atoms with Gasteiger partial charge >= 0.3 is 5.97 Å². The number of hydrogen-bond donors (Lipinski definition) is 2. The van der Waals surface area contributed by atoms with Crippen LogP contribution in [0.4, 0.5) is 0 Å². The number of benzene rings is 1. The molecule has 38 heavy (non-hydrogen) atoms. The highest BCUT2D eigenvalue weighted by Gasteiger charge is 2.20. The average molecular weight is 531 g/mol. The second kappa shape index (κ2) is 21.3. The van der Waals surface area contributed by atoms with E-state index in [0.717, 1.165) is 48.8 Å². The van der Waals surface area contributed by atoms with Crippen LogP contribution in [-0.4, -0.2) is 16.2 Å². The Morgan fingerprint density at radius 1 is 0.632 bits per heavy atom. The van der Waals surface area contributed by atoms with Crippen LogP contribution in [0.2, 0.25) is 0 Å². The lowest BCUT2D eigenvalue weighted by Gasteiger charge is -2.18. The molecular weight excluding hydrogens is 468 g/mol. The number of rotatable bonds is 24. The quantitative estimate of drug-likeness (QED) is 0.131. The first-order valence-corrected chi connectivity index (χ1v) is 16.3. The second-order valence-electron chi connectivity index (χ2n) is 12.8. The predicted octanol–water partition coefficient (Wildman–Crippen LogP) is 10.7. The first kappa shape index (κ1) is 34.5. The molecule has 0 radical (unpaired) electrons. The van der Waals surface area contributed by atoms with Gasteiger partial charge < -0.3 is 10.2 Å². The molecule has 0 fully saturated rings. The zero-order valence-electron chi connectivity index (χ0n) is 25.8. The Balaban J connectivity index is 2.30. The van der Waals surface area contributed by atoms with E-state index in [1.807, 2.05) is 0 Å². The summed E-state index contributed by atoms with van der Waals surface area (Å²) in [6, 6.07) is 4.12. The van der Waals surface area contributed by atoms with E-state index in [1.54, 1.807) is 0 Å². The summed E-state index contributed by atoms with van der Waals surface area (Å²) in [4.78, 5) is 12.0. The van der Waals surface area contributed by atoms with Crippen molar-refractivity contribution in [1.82, 2.24) is 0 Å². The highest BCUT2D eigenvalue weighted by molar-refractivity contribution is 5.70. The van der Waals surface area contributed by atoms with Crippen molar-refractivity contribution in [2.24, 2.45) is 17.8 Å². The van der Waals surface area contributed by atoms with Gasteiger partial charge in [-0.05, 0) is 54.2 Å². The van der Waals surface area contributed by atoms with Crippen molar-refractivity contribution in [2.45, 2.75) is 163 Å². The number of unbranched alkanes of at least 4 members (excludes halogenated alkanes) is 15. The van der Waals surface area contributed by atoms with Crippen LogP contribution >= 0.6 is 0 Å². The topological polar surface area (TPSA) is 57.5 Å². The molecule has 0 aliphatic heterocycles. The molecule has 3 nitrogen and oxygen atoms in total. The maximum absolute atomic E-state index is 12.0. The maximum atomic E-state index is 12.0. The van der Waals surface area contributed by atoms with Crippen molar-refractivity contribution < 1.29 is 15.0 Å². The minimum Gasteiger partial charge on any atom is -0.507 e. The van der Waals surface area contributed by atoms with E-state index in [0.29, 0.717) is 24.0 Å². The Morgan fingerprint density at radius 2 is 1.00 bits per heavy atom. The van der Waals surface area contributed by atoms with Gasteiger partial charge in [0.2, 0.25) is 0 Å². The largest absolute Gasteiger partial charge is 0.507 e. The van der Waals surface area contributed by atoms with Crippen molar-refractivity contribution in [3.63, 3.8) is 0 Å². The summed E-state index contributed by atoms with van der Waals surface area (Å²) in [5.74, 6) is 0.285. The van der Waals surface area contributed by atoms with Crippen molar-refractivity contribution in [3.05, 3.63) is 28.8 Å². The van der Waals surface area contributed by atoms with Gasteiger partial charge in [-0.1, -0.05) is 149 Å². The third-order valence-electron chi connectivity index (χ3n) is 7.82. The van der Waals surface area contributed by atoms with Crippen LogP contribution in [0, 0.1) is 17.8 Å². The molecule has 220 valence electrons. The Labute approximate surface area is 236 Å². The van der Waals surface area contributed by atoms with Crippen molar-refractivity contribution >= 4 is 5.97 Å². The van der Waals surface area contributed by atoms with Crippen molar-refractivity contribution in [3.8, 4) is 5.75 Å².